The van der Waals surface area contributed by atoms with Gasteiger partial charge >= 0.3 is 0 Å². The highest BCUT2D eigenvalue weighted by atomic mass is 35.5. The molecule has 1 nitrogen and oxygen atoms in total. The summed E-state index contributed by atoms with van der Waals surface area (Å²) in [5, 5.41) is 0.792. The first kappa shape index (κ1) is 9.35. The van der Waals surface area contributed by atoms with Crippen LogP contribution in [-0.2, 0) is 0 Å². The van der Waals surface area contributed by atoms with E-state index < -0.39 is 0 Å². The van der Waals surface area contributed by atoms with Gasteiger partial charge in [0.25, 0.3) is 0 Å². The fourth-order valence-corrected chi connectivity index (χ4v) is 1.75. The van der Waals surface area contributed by atoms with Crippen molar-refractivity contribution >= 4 is 17.2 Å². The van der Waals surface area contributed by atoms with Gasteiger partial charge in [-0.2, -0.15) is 0 Å². The van der Waals surface area contributed by atoms with Crippen LogP contribution in [0.3, 0.4) is 0 Å². The number of benzene rings is 1. The number of likely N-dealkylation sites (N-methyl/N-ethyl adjacent to an activating group) is 1. The van der Waals surface area contributed by atoms with Crippen molar-refractivity contribution in [1.82, 2.24) is 4.90 Å². The molecule has 0 aromatic heterocycles. The van der Waals surface area contributed by atoms with E-state index in [1.54, 1.807) is 0 Å². The highest BCUT2D eigenvalue weighted by Gasteiger charge is 2.05. The van der Waals surface area contributed by atoms with Gasteiger partial charge in [-0.1, -0.05) is 29.8 Å². The van der Waals surface area contributed by atoms with Crippen LogP contribution in [0.15, 0.2) is 42.6 Å². The van der Waals surface area contributed by atoms with Crippen LogP contribution in [0.25, 0.3) is 5.57 Å². The molecule has 0 aliphatic carbocycles. The Bertz CT molecular complexity index is 393. The number of hydrogen-bond donors (Lipinski definition) is 0. The summed E-state index contributed by atoms with van der Waals surface area (Å²) >= 11 is 5.94. The van der Waals surface area contributed by atoms with Crippen molar-refractivity contribution in [3.05, 3.63) is 53.2 Å². The molecular weight excluding hydrogens is 194 g/mol. The Kier molecular flexibility index (Phi) is 2.60. The minimum Gasteiger partial charge on any atom is -0.376 e. The number of rotatable bonds is 1. The third kappa shape index (κ3) is 1.99. The Balaban J connectivity index is 2.31. The lowest BCUT2D eigenvalue weighted by Crippen LogP contribution is -2.15. The maximum absolute atomic E-state index is 5.94. The summed E-state index contributed by atoms with van der Waals surface area (Å²) in [5.74, 6) is 0. The van der Waals surface area contributed by atoms with E-state index in [1.807, 2.05) is 18.2 Å². The van der Waals surface area contributed by atoms with Gasteiger partial charge in [0.05, 0.1) is 0 Å². The van der Waals surface area contributed by atoms with E-state index in [9.17, 15) is 0 Å². The Morgan fingerprint density at radius 1 is 1.36 bits per heavy atom. The van der Waals surface area contributed by atoms with Gasteiger partial charge in [0.2, 0.25) is 0 Å². The first-order chi connectivity index (χ1) is 6.75. The predicted molar refractivity (Wildman–Crippen MR) is 61.2 cm³/mol. The zero-order chi connectivity index (χ0) is 9.97. The number of allylic oxidation sites excluding steroid dienone is 2. The Hall–Kier alpha value is -1.21. The monoisotopic (exact) mass is 205 g/mol. The predicted octanol–water partition coefficient (Wildman–Crippen LogP) is 3.18. The van der Waals surface area contributed by atoms with Crippen molar-refractivity contribution < 1.29 is 0 Å². The molecule has 14 heavy (non-hydrogen) atoms. The quantitative estimate of drug-likeness (QED) is 0.681. The standard InChI is InChI=1S/C12H12ClN/c1-14-7-3-5-11(9-14)10-4-2-6-12(13)8-10/h2-8H,9H2,1H3. The third-order valence-corrected chi connectivity index (χ3v) is 2.49. The molecule has 0 amide bonds. The second-order valence-electron chi connectivity index (χ2n) is 3.46. The van der Waals surface area contributed by atoms with Crippen molar-refractivity contribution in [3.8, 4) is 0 Å². The average Bonchev–Trinajstić information content (AvgIpc) is 2.18. The minimum atomic E-state index is 0.792. The summed E-state index contributed by atoms with van der Waals surface area (Å²) < 4.78 is 0. The molecule has 0 unspecified atom stereocenters. The van der Waals surface area contributed by atoms with Gasteiger partial charge in [0.15, 0.2) is 0 Å². The minimum absolute atomic E-state index is 0.792. The molecule has 0 bridgehead atoms. The molecule has 0 N–H and O–H groups in total. The first-order valence-electron chi connectivity index (χ1n) is 4.59. The molecule has 2 heteroatoms. The van der Waals surface area contributed by atoms with Crippen molar-refractivity contribution in [3.63, 3.8) is 0 Å². The normalized spacial score (nSPS) is 15.6. The van der Waals surface area contributed by atoms with E-state index in [0.29, 0.717) is 0 Å². The summed E-state index contributed by atoms with van der Waals surface area (Å²) in [6, 6.07) is 7.97. The molecule has 0 saturated heterocycles. The Morgan fingerprint density at radius 2 is 2.21 bits per heavy atom. The molecule has 0 radical (unpaired) electrons. The van der Waals surface area contributed by atoms with Gasteiger partial charge < -0.3 is 4.90 Å². The second kappa shape index (κ2) is 3.89. The van der Waals surface area contributed by atoms with Crippen molar-refractivity contribution in [2.45, 2.75) is 0 Å². The molecule has 1 aromatic carbocycles. The van der Waals surface area contributed by atoms with Gasteiger partial charge in [0.1, 0.15) is 0 Å². The summed E-state index contributed by atoms with van der Waals surface area (Å²) in [5.41, 5.74) is 2.51. The molecule has 72 valence electrons. The number of nitrogens with zero attached hydrogens (tertiary/aromatic N) is 1. The van der Waals surface area contributed by atoms with Gasteiger partial charge in [-0.3, -0.25) is 0 Å². The molecule has 2 rings (SSSR count). The fourth-order valence-electron chi connectivity index (χ4n) is 1.56. The number of hydrogen-bond acceptors (Lipinski definition) is 1. The highest BCUT2D eigenvalue weighted by molar-refractivity contribution is 6.30. The van der Waals surface area contributed by atoms with Crippen LogP contribution < -0.4 is 0 Å². The molecule has 1 aliphatic rings. The summed E-state index contributed by atoms with van der Waals surface area (Å²) in [4.78, 5) is 2.15. The lowest BCUT2D eigenvalue weighted by Gasteiger charge is -2.20. The summed E-state index contributed by atoms with van der Waals surface area (Å²) in [6.45, 7) is 0.941. The fraction of sp³-hybridized carbons (Fsp3) is 0.167. The largest absolute Gasteiger partial charge is 0.376 e. The van der Waals surface area contributed by atoms with E-state index in [1.165, 1.54) is 11.1 Å². The van der Waals surface area contributed by atoms with Crippen molar-refractivity contribution in [2.75, 3.05) is 13.6 Å². The lowest BCUT2D eigenvalue weighted by molar-refractivity contribution is 0.512. The SMILES string of the molecule is CN1C=CC=C(c2cccc(Cl)c2)C1. The van der Waals surface area contributed by atoms with Crippen molar-refractivity contribution in [2.24, 2.45) is 0 Å². The topological polar surface area (TPSA) is 3.24 Å². The Labute approximate surface area is 89.3 Å². The maximum atomic E-state index is 5.94. The van der Waals surface area contributed by atoms with E-state index >= 15 is 0 Å². The van der Waals surface area contributed by atoms with Crippen molar-refractivity contribution in [1.29, 1.82) is 0 Å². The van der Waals surface area contributed by atoms with Crippen LogP contribution in [0.4, 0.5) is 0 Å². The van der Waals surface area contributed by atoms with Crippen LogP contribution in [0.2, 0.25) is 5.02 Å². The molecule has 0 fully saturated rings. The molecule has 0 spiro atoms. The average molecular weight is 206 g/mol. The van der Waals surface area contributed by atoms with Gasteiger partial charge in [-0.25, -0.2) is 0 Å². The smallest absolute Gasteiger partial charge is 0.0426 e. The summed E-state index contributed by atoms with van der Waals surface area (Å²) in [7, 11) is 2.06. The van der Waals surface area contributed by atoms with Crippen LogP contribution in [0.1, 0.15) is 5.56 Å². The van der Waals surface area contributed by atoms with Crippen LogP contribution in [-0.4, -0.2) is 18.5 Å². The van der Waals surface area contributed by atoms with Gasteiger partial charge in [-0.05, 0) is 35.5 Å². The van der Waals surface area contributed by atoms with Crippen LogP contribution in [0.5, 0.6) is 0 Å². The lowest BCUT2D eigenvalue weighted by atomic mass is 10.0. The zero-order valence-corrected chi connectivity index (χ0v) is 8.83. The summed E-state index contributed by atoms with van der Waals surface area (Å²) in [6.07, 6.45) is 6.25. The van der Waals surface area contributed by atoms with E-state index in [-0.39, 0.29) is 0 Å². The Morgan fingerprint density at radius 3 is 2.93 bits per heavy atom. The molecule has 0 atom stereocenters. The molecule has 1 heterocycles. The molecule has 0 saturated carbocycles. The second-order valence-corrected chi connectivity index (χ2v) is 3.90. The highest BCUT2D eigenvalue weighted by Crippen LogP contribution is 2.21. The van der Waals surface area contributed by atoms with E-state index in [2.05, 4.69) is 36.4 Å². The number of halogens is 1. The van der Waals surface area contributed by atoms with E-state index in [4.69, 9.17) is 11.6 Å². The molecule has 1 aromatic rings. The molecule has 1 aliphatic heterocycles. The van der Waals surface area contributed by atoms with E-state index in [0.717, 1.165) is 11.6 Å². The molecular formula is C12H12ClN. The third-order valence-electron chi connectivity index (χ3n) is 2.25. The van der Waals surface area contributed by atoms with Gasteiger partial charge in [0, 0.05) is 18.6 Å². The van der Waals surface area contributed by atoms with Gasteiger partial charge in [-0.15, -0.1) is 0 Å². The zero-order valence-electron chi connectivity index (χ0n) is 8.07. The van der Waals surface area contributed by atoms with Crippen LogP contribution >= 0.6 is 11.6 Å². The van der Waals surface area contributed by atoms with Crippen LogP contribution in [0, 0.1) is 0 Å². The first-order valence-corrected chi connectivity index (χ1v) is 4.97. The maximum Gasteiger partial charge on any atom is 0.0426 e.